The van der Waals surface area contributed by atoms with Crippen LogP contribution in [-0.2, 0) is 0 Å². The highest BCUT2D eigenvalue weighted by Crippen LogP contribution is 2.34. The van der Waals surface area contributed by atoms with Crippen LogP contribution in [0.2, 0.25) is 0 Å². The van der Waals surface area contributed by atoms with Gasteiger partial charge in [-0.2, -0.15) is 0 Å². The van der Waals surface area contributed by atoms with E-state index >= 15 is 0 Å². The van der Waals surface area contributed by atoms with Gasteiger partial charge in [-0.3, -0.25) is 0 Å². The molecule has 1 saturated carbocycles. The fourth-order valence-corrected chi connectivity index (χ4v) is 3.39. The van der Waals surface area contributed by atoms with Gasteiger partial charge in [0.15, 0.2) is 0 Å². The van der Waals surface area contributed by atoms with E-state index in [1.54, 1.807) is 0 Å². The third kappa shape index (κ3) is 4.24. The van der Waals surface area contributed by atoms with E-state index in [1.165, 1.54) is 49.7 Å². The largest absolute Gasteiger partial charge is 0.118 e. The van der Waals surface area contributed by atoms with Gasteiger partial charge >= 0.3 is 0 Å². The van der Waals surface area contributed by atoms with Crippen LogP contribution in [0.4, 0.5) is 0 Å². The molecule has 0 N–H and O–H groups in total. The minimum Gasteiger partial charge on any atom is -0.118 e. The van der Waals surface area contributed by atoms with Gasteiger partial charge in [-0.05, 0) is 42.2 Å². The third-order valence-corrected chi connectivity index (χ3v) is 5.25. The van der Waals surface area contributed by atoms with Crippen molar-refractivity contribution in [1.82, 2.24) is 0 Å². The molecule has 1 aliphatic rings. The third-order valence-electron chi connectivity index (χ3n) is 4.78. The number of benzene rings is 1. The molecular formula is C18H27Cl. The van der Waals surface area contributed by atoms with Crippen molar-refractivity contribution in [2.75, 3.05) is 0 Å². The predicted octanol–water partition coefficient (Wildman–Crippen LogP) is 6.45. The summed E-state index contributed by atoms with van der Waals surface area (Å²) in [6, 6.07) is 8.98. The zero-order valence-corrected chi connectivity index (χ0v) is 13.1. The normalized spacial score (nSPS) is 19.5. The van der Waals surface area contributed by atoms with Crippen molar-refractivity contribution in [2.45, 2.75) is 70.1 Å². The lowest BCUT2D eigenvalue weighted by atomic mass is 9.95. The summed E-state index contributed by atoms with van der Waals surface area (Å²) >= 11 is 6.55. The molecule has 0 aromatic heterocycles. The van der Waals surface area contributed by atoms with E-state index in [0.29, 0.717) is 5.92 Å². The average molecular weight is 279 g/mol. The van der Waals surface area contributed by atoms with Crippen molar-refractivity contribution < 1.29 is 0 Å². The Morgan fingerprint density at radius 2 is 1.68 bits per heavy atom. The predicted molar refractivity (Wildman–Crippen MR) is 84.9 cm³/mol. The van der Waals surface area contributed by atoms with Crippen LogP contribution >= 0.6 is 11.6 Å². The van der Waals surface area contributed by atoms with Crippen LogP contribution in [0.3, 0.4) is 0 Å². The van der Waals surface area contributed by atoms with E-state index in [2.05, 4.69) is 38.1 Å². The lowest BCUT2D eigenvalue weighted by Crippen LogP contribution is -1.98. The second-order valence-electron chi connectivity index (χ2n) is 6.17. The van der Waals surface area contributed by atoms with Crippen molar-refractivity contribution in [3.8, 4) is 0 Å². The van der Waals surface area contributed by atoms with Crippen LogP contribution in [0.25, 0.3) is 0 Å². The van der Waals surface area contributed by atoms with Crippen LogP contribution in [0.15, 0.2) is 24.3 Å². The highest BCUT2D eigenvalue weighted by Gasteiger charge is 2.17. The molecule has 0 nitrogen and oxygen atoms in total. The van der Waals surface area contributed by atoms with Crippen molar-refractivity contribution in [3.63, 3.8) is 0 Å². The Balaban J connectivity index is 1.86. The molecule has 19 heavy (non-hydrogen) atoms. The van der Waals surface area contributed by atoms with Crippen molar-refractivity contribution in [3.05, 3.63) is 35.4 Å². The second kappa shape index (κ2) is 7.33. The summed E-state index contributed by atoms with van der Waals surface area (Å²) in [5.41, 5.74) is 2.73. The van der Waals surface area contributed by atoms with Crippen molar-refractivity contribution in [2.24, 2.45) is 5.92 Å². The fraction of sp³-hybridized carbons (Fsp3) is 0.667. The molecule has 0 heterocycles. The topological polar surface area (TPSA) is 0 Å². The molecular weight excluding hydrogens is 252 g/mol. The summed E-state index contributed by atoms with van der Waals surface area (Å²) in [7, 11) is 0. The van der Waals surface area contributed by atoms with Gasteiger partial charge in [-0.1, -0.05) is 63.8 Å². The van der Waals surface area contributed by atoms with Gasteiger partial charge in [0, 0.05) is 0 Å². The summed E-state index contributed by atoms with van der Waals surface area (Å²) in [4.78, 5) is 0. The molecule has 0 bridgehead atoms. The monoisotopic (exact) mass is 278 g/mol. The Bertz CT molecular complexity index is 362. The Morgan fingerprint density at radius 1 is 1.11 bits per heavy atom. The van der Waals surface area contributed by atoms with Crippen LogP contribution in [-0.4, -0.2) is 0 Å². The number of alkyl halides is 1. The lowest BCUT2D eigenvalue weighted by molar-refractivity contribution is 0.480. The van der Waals surface area contributed by atoms with Crippen LogP contribution < -0.4 is 0 Å². The molecule has 1 aromatic rings. The summed E-state index contributed by atoms with van der Waals surface area (Å²) in [6.07, 6.45) is 9.36. The number of hydrogen-bond donors (Lipinski definition) is 0. The van der Waals surface area contributed by atoms with E-state index in [1.807, 2.05) is 0 Å². The molecule has 0 spiro atoms. The van der Waals surface area contributed by atoms with Gasteiger partial charge in [0.1, 0.15) is 0 Å². The first-order valence-electron chi connectivity index (χ1n) is 7.94. The molecule has 2 atom stereocenters. The summed E-state index contributed by atoms with van der Waals surface area (Å²) in [5, 5.41) is 0.201. The van der Waals surface area contributed by atoms with Gasteiger partial charge in [-0.25, -0.2) is 0 Å². The second-order valence-corrected chi connectivity index (χ2v) is 6.70. The fourth-order valence-electron chi connectivity index (χ4n) is 3.12. The quantitative estimate of drug-likeness (QED) is 0.525. The number of halogens is 1. The molecule has 1 heteroatoms. The average Bonchev–Trinajstić information content (AvgIpc) is 2.97. The smallest absolute Gasteiger partial charge is 0.0585 e. The maximum Gasteiger partial charge on any atom is 0.0585 e. The minimum absolute atomic E-state index is 0.201. The number of rotatable bonds is 6. The van der Waals surface area contributed by atoms with E-state index in [9.17, 15) is 0 Å². The van der Waals surface area contributed by atoms with E-state index < -0.39 is 0 Å². The van der Waals surface area contributed by atoms with E-state index in [0.717, 1.165) is 12.3 Å². The highest BCUT2D eigenvalue weighted by molar-refractivity contribution is 6.20. The van der Waals surface area contributed by atoms with E-state index in [4.69, 9.17) is 11.6 Å². The van der Waals surface area contributed by atoms with Crippen LogP contribution in [0, 0.1) is 5.92 Å². The molecule has 1 aromatic carbocycles. The van der Waals surface area contributed by atoms with E-state index in [-0.39, 0.29) is 5.38 Å². The van der Waals surface area contributed by atoms with Gasteiger partial charge in [0.2, 0.25) is 0 Å². The zero-order valence-electron chi connectivity index (χ0n) is 12.4. The Morgan fingerprint density at radius 3 is 2.26 bits per heavy atom. The molecule has 0 amide bonds. The van der Waals surface area contributed by atoms with Gasteiger partial charge in [0.25, 0.3) is 0 Å². The van der Waals surface area contributed by atoms with Crippen molar-refractivity contribution >= 4 is 11.6 Å². The molecule has 0 saturated heterocycles. The first-order valence-corrected chi connectivity index (χ1v) is 8.38. The summed E-state index contributed by atoms with van der Waals surface area (Å²) in [5.74, 6) is 1.60. The SMILES string of the molecule is CCC(C)c1ccc(C(Cl)CCC2CCCC2)cc1. The van der Waals surface area contributed by atoms with Gasteiger partial charge in [0.05, 0.1) is 5.38 Å². The first-order chi connectivity index (χ1) is 9.20. The first kappa shape index (κ1) is 14.9. The molecule has 2 rings (SSSR count). The van der Waals surface area contributed by atoms with Gasteiger partial charge in [-0.15, -0.1) is 11.6 Å². The Kier molecular flexibility index (Phi) is 5.76. The molecule has 2 unspecified atom stereocenters. The van der Waals surface area contributed by atoms with Crippen molar-refractivity contribution in [1.29, 1.82) is 0 Å². The Labute approximate surface area is 123 Å². The maximum atomic E-state index is 6.55. The maximum absolute atomic E-state index is 6.55. The molecule has 1 fully saturated rings. The molecule has 106 valence electrons. The van der Waals surface area contributed by atoms with Gasteiger partial charge < -0.3 is 0 Å². The summed E-state index contributed by atoms with van der Waals surface area (Å²) < 4.78 is 0. The molecule has 1 aliphatic carbocycles. The van der Waals surface area contributed by atoms with Crippen LogP contribution in [0.1, 0.15) is 81.2 Å². The molecule has 0 radical (unpaired) electrons. The highest BCUT2D eigenvalue weighted by atomic mass is 35.5. The standard InChI is InChI=1S/C18H27Cl/c1-3-14(2)16-9-11-17(12-10-16)18(19)13-8-15-6-4-5-7-15/h9-12,14-15,18H,3-8,13H2,1-2H3. The summed E-state index contributed by atoms with van der Waals surface area (Å²) in [6.45, 7) is 4.53. The molecule has 0 aliphatic heterocycles. The Hall–Kier alpha value is -0.490. The minimum atomic E-state index is 0.201. The lowest BCUT2D eigenvalue weighted by Gasteiger charge is -2.15. The zero-order chi connectivity index (χ0) is 13.7. The number of hydrogen-bond acceptors (Lipinski definition) is 0. The van der Waals surface area contributed by atoms with Crippen LogP contribution in [0.5, 0.6) is 0 Å².